The highest BCUT2D eigenvalue weighted by Gasteiger charge is 2.51. The van der Waals surface area contributed by atoms with Crippen molar-refractivity contribution in [1.29, 1.82) is 0 Å². The van der Waals surface area contributed by atoms with Crippen LogP contribution in [0.1, 0.15) is 79.8 Å². The Balaban J connectivity index is 1.34. The molecule has 4 heteroatoms. The van der Waals surface area contributed by atoms with Crippen molar-refractivity contribution >= 4 is 11.6 Å². The van der Waals surface area contributed by atoms with E-state index in [0.717, 1.165) is 41.9 Å². The molecule has 1 aromatic heterocycles. The van der Waals surface area contributed by atoms with E-state index in [1.54, 1.807) is 24.5 Å². The van der Waals surface area contributed by atoms with Crippen molar-refractivity contribution in [2.24, 2.45) is 22.9 Å². The van der Waals surface area contributed by atoms with E-state index >= 15 is 0 Å². The third kappa shape index (κ3) is 3.68. The van der Waals surface area contributed by atoms with Gasteiger partial charge in [-0.25, -0.2) is 5.43 Å². The molecule has 1 amide bonds. The minimum atomic E-state index is -0.198. The van der Waals surface area contributed by atoms with Crippen molar-refractivity contribution in [2.45, 2.75) is 63.7 Å². The van der Waals surface area contributed by atoms with Gasteiger partial charge in [-0.1, -0.05) is 37.6 Å². The lowest BCUT2D eigenvalue weighted by molar-refractivity contribution is -0.00518. The van der Waals surface area contributed by atoms with Gasteiger partial charge < -0.3 is 0 Å². The van der Waals surface area contributed by atoms with Crippen LogP contribution >= 0.6 is 0 Å². The molecule has 6 rings (SSSR count). The maximum atomic E-state index is 12.4. The maximum absolute atomic E-state index is 12.4. The first-order chi connectivity index (χ1) is 14.6. The van der Waals surface area contributed by atoms with E-state index in [2.05, 4.69) is 46.7 Å². The Hall–Kier alpha value is -2.49. The molecule has 156 valence electrons. The Kier molecular flexibility index (Phi) is 5.18. The summed E-state index contributed by atoms with van der Waals surface area (Å²) < 4.78 is 0. The highest BCUT2D eigenvalue weighted by molar-refractivity contribution is 6.02. The van der Waals surface area contributed by atoms with Gasteiger partial charge >= 0.3 is 0 Å². The Morgan fingerprint density at radius 2 is 1.57 bits per heavy atom. The highest BCUT2D eigenvalue weighted by Crippen LogP contribution is 2.60. The van der Waals surface area contributed by atoms with Crippen LogP contribution in [0.15, 0.2) is 53.9 Å². The van der Waals surface area contributed by atoms with Gasteiger partial charge in [-0.15, -0.1) is 0 Å². The monoisotopic (exact) mass is 401 g/mol. The molecule has 0 spiro atoms. The van der Waals surface area contributed by atoms with Crippen molar-refractivity contribution in [3.63, 3.8) is 0 Å². The fourth-order valence-electron chi connectivity index (χ4n) is 6.67. The Labute approximate surface area is 179 Å². The molecule has 1 aromatic carbocycles. The van der Waals surface area contributed by atoms with Crippen molar-refractivity contribution < 1.29 is 4.79 Å². The third-order valence-corrected chi connectivity index (χ3v) is 7.59. The Morgan fingerprint density at radius 3 is 2.13 bits per heavy atom. The van der Waals surface area contributed by atoms with E-state index in [9.17, 15) is 4.79 Å². The number of nitrogens with one attached hydrogen (secondary N) is 1. The molecule has 4 saturated carbocycles. The number of carbonyl (C=O) groups is 1. The third-order valence-electron chi connectivity index (χ3n) is 7.59. The first-order valence-corrected chi connectivity index (χ1v) is 11.5. The molecule has 1 heterocycles. The first kappa shape index (κ1) is 19.5. The van der Waals surface area contributed by atoms with Crippen molar-refractivity contribution in [3.8, 4) is 0 Å². The number of nitrogens with zero attached hydrogens (tertiary/aromatic N) is 2. The van der Waals surface area contributed by atoms with Crippen LogP contribution in [0.25, 0.3) is 0 Å². The summed E-state index contributed by atoms with van der Waals surface area (Å²) >= 11 is 0. The molecule has 2 aromatic rings. The molecular formula is C26H31N3O. The molecule has 0 radical (unpaired) electrons. The summed E-state index contributed by atoms with van der Waals surface area (Å²) in [6, 6.07) is 12.5. The zero-order valence-corrected chi connectivity index (χ0v) is 17.8. The number of hydrazone groups is 1. The van der Waals surface area contributed by atoms with Crippen LogP contribution in [-0.4, -0.2) is 16.6 Å². The van der Waals surface area contributed by atoms with E-state index < -0.39 is 0 Å². The molecular weight excluding hydrogens is 370 g/mol. The average molecular weight is 402 g/mol. The second-order valence-corrected chi connectivity index (χ2v) is 9.76. The van der Waals surface area contributed by atoms with Crippen LogP contribution in [-0.2, 0) is 5.41 Å². The molecule has 4 aliphatic carbocycles. The topological polar surface area (TPSA) is 54.4 Å². The number of rotatable bonds is 6. The fraction of sp³-hybridized carbons (Fsp3) is 0.500. The van der Waals surface area contributed by atoms with Crippen LogP contribution in [0.2, 0.25) is 0 Å². The van der Waals surface area contributed by atoms with Gasteiger partial charge in [0.25, 0.3) is 5.91 Å². The van der Waals surface area contributed by atoms with E-state index in [0.29, 0.717) is 11.0 Å². The molecule has 0 aliphatic heterocycles. The summed E-state index contributed by atoms with van der Waals surface area (Å²) in [4.78, 5) is 16.3. The first-order valence-electron chi connectivity index (χ1n) is 11.5. The average Bonchev–Trinajstić information content (AvgIpc) is 2.76. The largest absolute Gasteiger partial charge is 0.271 e. The lowest BCUT2D eigenvalue weighted by atomic mass is 9.48. The maximum Gasteiger partial charge on any atom is 0.271 e. The molecule has 4 fully saturated rings. The van der Waals surface area contributed by atoms with E-state index in [4.69, 9.17) is 0 Å². The zero-order valence-electron chi connectivity index (χ0n) is 17.8. The van der Waals surface area contributed by atoms with Crippen LogP contribution in [0.3, 0.4) is 0 Å². The van der Waals surface area contributed by atoms with Crippen molar-refractivity contribution in [3.05, 3.63) is 65.5 Å². The van der Waals surface area contributed by atoms with Crippen LogP contribution in [0, 0.1) is 17.8 Å². The Bertz CT molecular complexity index is 897. The number of hydrogen-bond donors (Lipinski definition) is 1. The molecule has 0 atom stereocenters. The second-order valence-electron chi connectivity index (χ2n) is 9.76. The number of benzene rings is 1. The number of amides is 1. The Morgan fingerprint density at radius 1 is 0.967 bits per heavy atom. The van der Waals surface area contributed by atoms with Crippen LogP contribution < -0.4 is 5.43 Å². The van der Waals surface area contributed by atoms with Gasteiger partial charge in [0, 0.05) is 18.0 Å². The van der Waals surface area contributed by atoms with Crippen molar-refractivity contribution in [1.82, 2.24) is 10.4 Å². The van der Waals surface area contributed by atoms with Crippen molar-refractivity contribution in [2.75, 3.05) is 0 Å². The van der Waals surface area contributed by atoms with Crippen LogP contribution in [0.5, 0.6) is 0 Å². The summed E-state index contributed by atoms with van der Waals surface area (Å²) in [5.74, 6) is 2.67. The minimum absolute atomic E-state index is 0.198. The number of aromatic nitrogens is 1. The summed E-state index contributed by atoms with van der Waals surface area (Å²) in [6.07, 6.45) is 13.6. The van der Waals surface area contributed by atoms with Crippen LogP contribution in [0.4, 0.5) is 0 Å². The number of carbonyl (C=O) groups excluding carboxylic acids is 1. The normalized spacial score (nSPS) is 29.8. The van der Waals surface area contributed by atoms with Gasteiger partial charge in [0.2, 0.25) is 0 Å². The van der Waals surface area contributed by atoms with E-state index in [-0.39, 0.29) is 5.91 Å². The molecule has 0 saturated heterocycles. The van der Waals surface area contributed by atoms with Gasteiger partial charge in [-0.05, 0) is 91.4 Å². The molecule has 30 heavy (non-hydrogen) atoms. The summed E-state index contributed by atoms with van der Waals surface area (Å²) in [6.45, 7) is 2.14. The highest BCUT2D eigenvalue weighted by atomic mass is 16.2. The van der Waals surface area contributed by atoms with E-state index in [1.165, 1.54) is 44.1 Å². The zero-order chi connectivity index (χ0) is 20.6. The van der Waals surface area contributed by atoms with Gasteiger partial charge in [0.05, 0.1) is 5.71 Å². The summed E-state index contributed by atoms with van der Waals surface area (Å²) in [5.41, 5.74) is 7.30. The lowest BCUT2D eigenvalue weighted by Crippen LogP contribution is -2.48. The lowest BCUT2D eigenvalue weighted by Gasteiger charge is -2.57. The summed E-state index contributed by atoms with van der Waals surface area (Å²) in [7, 11) is 0. The number of hydrogen-bond acceptors (Lipinski definition) is 3. The molecule has 4 bridgehead atoms. The smallest absolute Gasteiger partial charge is 0.267 e. The van der Waals surface area contributed by atoms with Gasteiger partial charge in [0.1, 0.15) is 0 Å². The minimum Gasteiger partial charge on any atom is -0.267 e. The predicted octanol–water partition coefficient (Wildman–Crippen LogP) is 5.48. The number of pyridine rings is 1. The quantitative estimate of drug-likeness (QED) is 0.514. The van der Waals surface area contributed by atoms with Gasteiger partial charge in [-0.3, -0.25) is 9.78 Å². The van der Waals surface area contributed by atoms with Gasteiger partial charge in [0.15, 0.2) is 0 Å². The fourth-order valence-corrected chi connectivity index (χ4v) is 6.67. The standard InChI is InChI=1S/C26H31N3O/c1-2-3-24(28-29-25(30)22-8-10-27-11-9-22)21-4-6-23(7-5-21)26-15-18-12-19(16-26)14-20(13-18)17-26/h4-11,18-20H,2-3,12-17H2,1H3,(H,29,30)/b28-24-. The SMILES string of the molecule is CCC/C(=N/NC(=O)c1ccncc1)c1ccc(C23CC4CC(CC(C4)C2)C3)cc1. The molecule has 4 aliphatic rings. The van der Waals surface area contributed by atoms with E-state index in [1.807, 2.05) is 0 Å². The molecule has 0 unspecified atom stereocenters. The predicted molar refractivity (Wildman–Crippen MR) is 119 cm³/mol. The van der Waals surface area contributed by atoms with Gasteiger partial charge in [-0.2, -0.15) is 5.10 Å². The molecule has 1 N–H and O–H groups in total. The second kappa shape index (κ2) is 7.98. The molecule has 4 nitrogen and oxygen atoms in total. The summed E-state index contributed by atoms with van der Waals surface area (Å²) in [5, 5.41) is 4.48.